The van der Waals surface area contributed by atoms with Crippen molar-refractivity contribution in [3.63, 3.8) is 0 Å². The van der Waals surface area contributed by atoms with E-state index in [0.29, 0.717) is 17.1 Å². The fourth-order valence-corrected chi connectivity index (χ4v) is 3.56. The highest BCUT2D eigenvalue weighted by Gasteiger charge is 2.45. The molecule has 0 aliphatic rings. The number of halogens is 4. The van der Waals surface area contributed by atoms with Crippen LogP contribution in [0.25, 0.3) is 11.4 Å². The van der Waals surface area contributed by atoms with Crippen LogP contribution >= 0.6 is 0 Å². The molecule has 2 aromatic carbocycles. The average Bonchev–Trinajstić information content (AvgIpc) is 3.25. The van der Waals surface area contributed by atoms with Gasteiger partial charge in [0.1, 0.15) is 11.4 Å². The minimum absolute atomic E-state index is 0.0772. The number of alkyl halides is 4. The predicted octanol–water partition coefficient (Wildman–Crippen LogP) is 5.97. The van der Waals surface area contributed by atoms with E-state index in [2.05, 4.69) is 15.3 Å². The lowest BCUT2D eigenvalue weighted by molar-refractivity contribution is -0.183. The van der Waals surface area contributed by atoms with E-state index in [9.17, 15) is 22.4 Å². The molecule has 0 radical (unpaired) electrons. The summed E-state index contributed by atoms with van der Waals surface area (Å²) in [5.41, 5.74) is -0.316. The molecule has 0 N–H and O–H groups in total. The van der Waals surface area contributed by atoms with Crippen LogP contribution in [-0.4, -0.2) is 25.3 Å². The van der Waals surface area contributed by atoms with Crippen LogP contribution in [0.4, 0.5) is 28.9 Å². The Morgan fingerprint density at radius 2 is 1.38 bits per heavy atom. The highest BCUT2D eigenvalue weighted by molar-refractivity contribution is 5.53. The van der Waals surface area contributed by atoms with Crippen LogP contribution in [-0.2, 0) is 7.05 Å². The van der Waals surface area contributed by atoms with Crippen molar-refractivity contribution in [1.82, 2.24) is 19.1 Å². The maximum atomic E-state index is 14.4. The van der Waals surface area contributed by atoms with Crippen molar-refractivity contribution in [3.8, 4) is 11.4 Å². The molecule has 0 saturated carbocycles. The molecule has 2 heterocycles. The number of hydrogen-bond acceptors (Lipinski definition) is 4. The summed E-state index contributed by atoms with van der Waals surface area (Å²) in [7, 11) is 1.65. The summed E-state index contributed by atoms with van der Waals surface area (Å²) in [6.45, 7) is 3.09. The van der Waals surface area contributed by atoms with E-state index in [-0.39, 0.29) is 17.1 Å². The van der Waals surface area contributed by atoms with Gasteiger partial charge in [-0.05, 0) is 38.1 Å². The highest BCUT2D eigenvalue weighted by atomic mass is 19.4. The molecule has 0 aliphatic heterocycles. The van der Waals surface area contributed by atoms with E-state index in [4.69, 9.17) is 0 Å². The van der Waals surface area contributed by atoms with Gasteiger partial charge in [0.15, 0.2) is 5.69 Å². The second-order valence-electron chi connectivity index (χ2n) is 7.58. The van der Waals surface area contributed by atoms with E-state index >= 15 is 0 Å². The van der Waals surface area contributed by atoms with Gasteiger partial charge in [-0.25, -0.2) is 13.8 Å². The van der Waals surface area contributed by atoms with Crippen LogP contribution in [0.1, 0.15) is 23.3 Å². The minimum atomic E-state index is -5.19. The van der Waals surface area contributed by atoms with Gasteiger partial charge in [-0.1, -0.05) is 36.4 Å². The Labute approximate surface area is 191 Å². The molecule has 0 amide bonds. The maximum Gasteiger partial charge on any atom is 0.425 e. The minimum Gasteiger partial charge on any atom is -0.283 e. The van der Waals surface area contributed by atoms with E-state index in [1.165, 1.54) is 16.3 Å². The molecule has 1 atom stereocenters. The van der Waals surface area contributed by atoms with Crippen LogP contribution in [0.2, 0.25) is 0 Å². The number of para-hydroxylation sites is 2. The van der Waals surface area contributed by atoms with E-state index in [1.54, 1.807) is 79.3 Å². The molecule has 34 heavy (non-hydrogen) atoms. The maximum absolute atomic E-state index is 14.4. The Hall–Kier alpha value is -4.02. The van der Waals surface area contributed by atoms with Gasteiger partial charge in [0.05, 0.1) is 22.8 Å². The molecule has 4 rings (SSSR count). The first kappa shape index (κ1) is 23.1. The molecule has 0 fully saturated rings. The zero-order valence-electron chi connectivity index (χ0n) is 18.5. The van der Waals surface area contributed by atoms with Crippen LogP contribution in [0, 0.1) is 13.8 Å². The summed E-state index contributed by atoms with van der Waals surface area (Å²) in [5, 5.41) is 11.7. The predicted molar refractivity (Wildman–Crippen MR) is 118 cm³/mol. The summed E-state index contributed by atoms with van der Waals surface area (Å²) in [6, 6.07) is 17.1. The van der Waals surface area contributed by atoms with Crippen LogP contribution < -0.4 is 5.56 Å². The number of rotatable bonds is 5. The lowest BCUT2D eigenvalue weighted by Gasteiger charge is -2.10. The summed E-state index contributed by atoms with van der Waals surface area (Å²) >= 11 is 0. The lowest BCUT2D eigenvalue weighted by Crippen LogP contribution is -2.19. The van der Waals surface area contributed by atoms with Gasteiger partial charge in [0.2, 0.25) is 6.17 Å². The summed E-state index contributed by atoms with van der Waals surface area (Å²) in [6.07, 6.45) is -8.56. The Morgan fingerprint density at radius 1 is 0.853 bits per heavy atom. The van der Waals surface area contributed by atoms with E-state index in [1.807, 2.05) is 0 Å². The molecule has 11 heteroatoms. The normalized spacial score (nSPS) is 13.0. The number of hydrogen-bond donors (Lipinski definition) is 0. The molecular weight excluding hydrogens is 452 g/mol. The Bertz CT molecular complexity index is 1400. The van der Waals surface area contributed by atoms with Crippen molar-refractivity contribution in [3.05, 3.63) is 88.1 Å². The fraction of sp³-hybridized carbons (Fsp3) is 0.217. The third-order valence-electron chi connectivity index (χ3n) is 5.41. The number of benzene rings is 2. The summed E-state index contributed by atoms with van der Waals surface area (Å²) in [5.74, 6) is 0. The Kier molecular flexibility index (Phi) is 5.94. The zero-order valence-corrected chi connectivity index (χ0v) is 18.5. The van der Waals surface area contributed by atoms with Gasteiger partial charge in [-0.15, -0.1) is 10.2 Å². The van der Waals surface area contributed by atoms with Crippen LogP contribution in [0.3, 0.4) is 0 Å². The number of azo groups is 1. The van der Waals surface area contributed by atoms with E-state index in [0.717, 1.165) is 0 Å². The quantitative estimate of drug-likeness (QED) is 0.265. The van der Waals surface area contributed by atoms with Gasteiger partial charge in [-0.2, -0.15) is 18.3 Å². The Balaban J connectivity index is 1.86. The lowest BCUT2D eigenvalue weighted by atomic mass is 10.2. The Morgan fingerprint density at radius 3 is 1.94 bits per heavy atom. The smallest absolute Gasteiger partial charge is 0.283 e. The van der Waals surface area contributed by atoms with Gasteiger partial charge in [0.25, 0.3) is 5.56 Å². The molecule has 0 spiro atoms. The van der Waals surface area contributed by atoms with Gasteiger partial charge >= 0.3 is 6.18 Å². The molecular formula is C23H20F4N6O. The molecule has 7 nitrogen and oxygen atoms in total. The average molecular weight is 472 g/mol. The number of nitrogens with zero attached hydrogens (tertiary/aromatic N) is 6. The van der Waals surface area contributed by atoms with Crippen LogP contribution in [0.15, 0.2) is 75.7 Å². The first-order chi connectivity index (χ1) is 16.1. The van der Waals surface area contributed by atoms with Crippen molar-refractivity contribution < 1.29 is 17.6 Å². The monoisotopic (exact) mass is 472 g/mol. The molecule has 0 bridgehead atoms. The summed E-state index contributed by atoms with van der Waals surface area (Å²) < 4.78 is 58.2. The number of aromatic nitrogens is 4. The fourth-order valence-electron chi connectivity index (χ4n) is 3.56. The molecule has 0 aliphatic carbocycles. The molecule has 4 aromatic rings. The van der Waals surface area contributed by atoms with Crippen molar-refractivity contribution >= 4 is 11.4 Å². The SMILES string of the molecule is Cc1c(N=Nc2c(C)n(C)n(-c3ccccc3)c2=O)c(C(F)C(F)(F)F)nn1-c1ccccc1. The van der Waals surface area contributed by atoms with E-state index < -0.39 is 23.6 Å². The standard InChI is InChI=1S/C23H20F4N6O/c1-14-19(22(34)33(31(14)3)17-12-8-5-9-13-17)29-28-18-15(2)32(16-10-6-4-7-11-16)30-20(18)21(24)23(25,26)27/h4-13,21H,1-3H3. The second-order valence-corrected chi connectivity index (χ2v) is 7.58. The first-order valence-corrected chi connectivity index (χ1v) is 10.2. The third kappa shape index (κ3) is 4.04. The molecule has 1 unspecified atom stereocenters. The van der Waals surface area contributed by atoms with Gasteiger partial charge < -0.3 is 0 Å². The molecule has 0 saturated heterocycles. The third-order valence-corrected chi connectivity index (χ3v) is 5.41. The van der Waals surface area contributed by atoms with Gasteiger partial charge in [-0.3, -0.25) is 9.48 Å². The highest BCUT2D eigenvalue weighted by Crippen LogP contribution is 2.41. The van der Waals surface area contributed by atoms with Crippen molar-refractivity contribution in [1.29, 1.82) is 0 Å². The molecule has 176 valence electrons. The van der Waals surface area contributed by atoms with Crippen molar-refractivity contribution in [2.24, 2.45) is 17.3 Å². The first-order valence-electron chi connectivity index (χ1n) is 10.2. The van der Waals surface area contributed by atoms with Crippen molar-refractivity contribution in [2.75, 3.05) is 0 Å². The largest absolute Gasteiger partial charge is 0.425 e. The second kappa shape index (κ2) is 8.73. The topological polar surface area (TPSA) is 69.5 Å². The zero-order chi connectivity index (χ0) is 24.6. The summed E-state index contributed by atoms with van der Waals surface area (Å²) in [4.78, 5) is 13.0. The van der Waals surface area contributed by atoms with Crippen molar-refractivity contribution in [2.45, 2.75) is 26.2 Å². The molecule has 2 aromatic heterocycles. The van der Waals surface area contributed by atoms with Gasteiger partial charge in [0, 0.05) is 7.05 Å². The van der Waals surface area contributed by atoms with Crippen LogP contribution in [0.5, 0.6) is 0 Å².